The van der Waals surface area contributed by atoms with E-state index in [-0.39, 0.29) is 4.90 Å². The third kappa shape index (κ3) is 5.67. The van der Waals surface area contributed by atoms with E-state index in [0.29, 0.717) is 18.0 Å². The molecule has 0 spiro atoms. The van der Waals surface area contributed by atoms with E-state index in [1.807, 2.05) is 62.4 Å². The van der Waals surface area contributed by atoms with Gasteiger partial charge in [0.05, 0.1) is 23.4 Å². The predicted molar refractivity (Wildman–Crippen MR) is 161 cm³/mol. The number of rotatable bonds is 9. The van der Waals surface area contributed by atoms with Gasteiger partial charge in [-0.1, -0.05) is 66.2 Å². The summed E-state index contributed by atoms with van der Waals surface area (Å²) in [5, 5.41) is 8.33. The highest BCUT2D eigenvalue weighted by Crippen LogP contribution is 2.28. The molecule has 40 heavy (non-hydrogen) atoms. The highest BCUT2D eigenvalue weighted by Gasteiger charge is 2.27. The number of benzene rings is 5. The van der Waals surface area contributed by atoms with Crippen molar-refractivity contribution in [3.8, 4) is 5.75 Å². The molecule has 8 heteroatoms. The zero-order valence-corrected chi connectivity index (χ0v) is 23.1. The Hall–Kier alpha value is -4.69. The first-order valence-corrected chi connectivity index (χ1v) is 14.4. The topological polar surface area (TPSA) is 88.1 Å². The summed E-state index contributed by atoms with van der Waals surface area (Å²) >= 11 is 0. The molecule has 0 bridgehead atoms. The van der Waals surface area contributed by atoms with Crippen LogP contribution < -0.4 is 14.5 Å². The Labute approximate surface area is 233 Å². The lowest BCUT2D eigenvalue weighted by Gasteiger charge is -2.24. The molecular weight excluding hydrogens is 522 g/mol. The molecular formula is C32H29N3O4S. The monoisotopic (exact) mass is 551 g/mol. The number of hydrogen-bond acceptors (Lipinski definition) is 5. The molecule has 0 fully saturated rings. The number of anilines is 1. The van der Waals surface area contributed by atoms with Crippen molar-refractivity contribution in [2.75, 3.05) is 17.5 Å². The van der Waals surface area contributed by atoms with Crippen LogP contribution in [0, 0.1) is 6.92 Å². The van der Waals surface area contributed by atoms with Crippen LogP contribution in [-0.2, 0) is 14.8 Å². The van der Waals surface area contributed by atoms with Crippen LogP contribution >= 0.6 is 0 Å². The Morgan fingerprint density at radius 3 is 2.08 bits per heavy atom. The van der Waals surface area contributed by atoms with Gasteiger partial charge in [-0.2, -0.15) is 5.10 Å². The van der Waals surface area contributed by atoms with Gasteiger partial charge in [0.1, 0.15) is 12.3 Å². The Kier molecular flexibility index (Phi) is 7.79. The summed E-state index contributed by atoms with van der Waals surface area (Å²) < 4.78 is 33.9. The molecule has 5 rings (SSSR count). The minimum atomic E-state index is -4.05. The third-order valence-corrected chi connectivity index (χ3v) is 8.32. The van der Waals surface area contributed by atoms with Crippen LogP contribution in [0.5, 0.6) is 5.75 Å². The molecule has 1 N–H and O–H groups in total. The number of sulfonamides is 1. The minimum Gasteiger partial charge on any atom is -0.494 e. The first-order chi connectivity index (χ1) is 19.4. The highest BCUT2D eigenvalue weighted by atomic mass is 32.2. The van der Waals surface area contributed by atoms with Crippen molar-refractivity contribution in [2.24, 2.45) is 5.10 Å². The van der Waals surface area contributed by atoms with Gasteiger partial charge in [0, 0.05) is 5.56 Å². The molecule has 5 aromatic carbocycles. The Morgan fingerprint density at radius 1 is 0.875 bits per heavy atom. The normalized spacial score (nSPS) is 11.7. The molecule has 0 aromatic heterocycles. The van der Waals surface area contributed by atoms with E-state index in [1.54, 1.807) is 42.6 Å². The van der Waals surface area contributed by atoms with Crippen LogP contribution in [0.3, 0.4) is 0 Å². The maximum Gasteiger partial charge on any atom is 0.264 e. The van der Waals surface area contributed by atoms with Gasteiger partial charge in [-0.25, -0.2) is 13.8 Å². The number of aryl methyl sites for hydroxylation is 1. The molecule has 1 amide bonds. The van der Waals surface area contributed by atoms with Crippen LogP contribution in [0.4, 0.5) is 5.69 Å². The Balaban J connectivity index is 1.43. The van der Waals surface area contributed by atoms with Gasteiger partial charge < -0.3 is 4.74 Å². The van der Waals surface area contributed by atoms with Crippen LogP contribution in [0.15, 0.2) is 113 Å². The molecule has 7 nitrogen and oxygen atoms in total. The van der Waals surface area contributed by atoms with Crippen LogP contribution in [0.1, 0.15) is 18.1 Å². The van der Waals surface area contributed by atoms with Crippen LogP contribution in [-0.4, -0.2) is 33.7 Å². The lowest BCUT2D eigenvalue weighted by molar-refractivity contribution is -0.119. The van der Waals surface area contributed by atoms with E-state index in [0.717, 1.165) is 37.0 Å². The second kappa shape index (κ2) is 11.6. The minimum absolute atomic E-state index is 0.0884. The van der Waals surface area contributed by atoms with E-state index < -0.39 is 22.5 Å². The molecule has 0 aliphatic carbocycles. The number of amides is 1. The Morgan fingerprint density at radius 2 is 1.48 bits per heavy atom. The molecule has 0 atom stereocenters. The van der Waals surface area contributed by atoms with Gasteiger partial charge in [0.25, 0.3) is 15.9 Å². The summed E-state index contributed by atoms with van der Waals surface area (Å²) in [6, 6.07) is 31.2. The summed E-state index contributed by atoms with van der Waals surface area (Å²) in [5.74, 6) is 0.0284. The fraction of sp³-hybridized carbons (Fsp3) is 0.125. The number of carbonyl (C=O) groups is 1. The maximum absolute atomic E-state index is 13.7. The van der Waals surface area contributed by atoms with Crippen molar-refractivity contribution >= 4 is 49.4 Å². The Bertz CT molecular complexity index is 1740. The molecule has 0 unspecified atom stereocenters. The molecule has 0 radical (unpaired) electrons. The first-order valence-electron chi connectivity index (χ1n) is 12.9. The van der Waals surface area contributed by atoms with E-state index in [4.69, 9.17) is 4.74 Å². The molecule has 0 aliphatic heterocycles. The average Bonchev–Trinajstić information content (AvgIpc) is 2.96. The van der Waals surface area contributed by atoms with Gasteiger partial charge >= 0.3 is 0 Å². The number of nitrogens with zero attached hydrogens (tertiary/aromatic N) is 2. The second-order valence-electron chi connectivity index (χ2n) is 9.28. The van der Waals surface area contributed by atoms with Gasteiger partial charge in [-0.15, -0.1) is 0 Å². The standard InChI is InChI=1S/C32H29N3O4S/c1-3-39-27-16-14-26(15-17-27)35(40(37,38)28-18-12-23(2)13-19-28)22-32(36)34-33-21-31-29-10-6-4-8-24(29)20-25-9-5-7-11-30(25)31/h4-21H,3,22H2,1-2H3,(H,34,36)/b33-21-. The van der Waals surface area contributed by atoms with Crippen molar-refractivity contribution in [2.45, 2.75) is 18.7 Å². The van der Waals surface area contributed by atoms with Crippen molar-refractivity contribution in [1.82, 2.24) is 5.43 Å². The van der Waals surface area contributed by atoms with Crippen molar-refractivity contribution < 1.29 is 17.9 Å². The number of hydrogen-bond donors (Lipinski definition) is 1. The van der Waals surface area contributed by atoms with Crippen LogP contribution in [0.25, 0.3) is 21.5 Å². The molecule has 0 saturated heterocycles. The number of hydrazone groups is 1. The quantitative estimate of drug-likeness (QED) is 0.137. The average molecular weight is 552 g/mol. The third-order valence-electron chi connectivity index (χ3n) is 6.53. The SMILES string of the molecule is CCOc1ccc(N(CC(=O)N/N=C\c2c3ccccc3cc3ccccc23)S(=O)(=O)c2ccc(C)cc2)cc1. The van der Waals surface area contributed by atoms with Gasteiger partial charge in [-0.3, -0.25) is 9.10 Å². The van der Waals surface area contributed by atoms with E-state index >= 15 is 0 Å². The van der Waals surface area contributed by atoms with E-state index in [9.17, 15) is 13.2 Å². The zero-order valence-electron chi connectivity index (χ0n) is 22.2. The van der Waals surface area contributed by atoms with Gasteiger partial charge in [0.15, 0.2) is 0 Å². The maximum atomic E-state index is 13.7. The first kappa shape index (κ1) is 26.9. The van der Waals surface area contributed by atoms with E-state index in [2.05, 4.69) is 16.6 Å². The summed E-state index contributed by atoms with van der Waals surface area (Å²) in [6.45, 7) is 3.77. The van der Waals surface area contributed by atoms with Crippen molar-refractivity contribution in [1.29, 1.82) is 0 Å². The number of ether oxygens (including phenoxy) is 1. The van der Waals surface area contributed by atoms with Crippen LogP contribution in [0.2, 0.25) is 0 Å². The zero-order chi connectivity index (χ0) is 28.1. The second-order valence-corrected chi connectivity index (χ2v) is 11.1. The summed E-state index contributed by atoms with van der Waals surface area (Å²) in [5.41, 5.74) is 4.66. The molecule has 0 heterocycles. The fourth-order valence-corrected chi connectivity index (χ4v) is 5.97. The largest absolute Gasteiger partial charge is 0.494 e. The van der Waals surface area contributed by atoms with Crippen molar-refractivity contribution in [3.05, 3.63) is 114 Å². The van der Waals surface area contributed by atoms with Gasteiger partial charge in [-0.05, 0) is 77.9 Å². The molecule has 0 saturated carbocycles. The lowest BCUT2D eigenvalue weighted by Crippen LogP contribution is -2.39. The molecule has 5 aromatic rings. The summed E-state index contributed by atoms with van der Waals surface area (Å²) in [6.07, 6.45) is 1.61. The molecule has 202 valence electrons. The highest BCUT2D eigenvalue weighted by molar-refractivity contribution is 7.92. The van der Waals surface area contributed by atoms with Gasteiger partial charge in [0.2, 0.25) is 0 Å². The number of carbonyl (C=O) groups excluding carboxylic acids is 1. The molecule has 0 aliphatic rings. The predicted octanol–water partition coefficient (Wildman–Crippen LogP) is 6.05. The fourth-order valence-electron chi connectivity index (χ4n) is 4.55. The summed E-state index contributed by atoms with van der Waals surface area (Å²) in [4.78, 5) is 13.2. The smallest absolute Gasteiger partial charge is 0.264 e. The lowest BCUT2D eigenvalue weighted by atomic mass is 9.97. The summed E-state index contributed by atoms with van der Waals surface area (Å²) in [7, 11) is -4.05. The number of fused-ring (bicyclic) bond motifs is 2. The van der Waals surface area contributed by atoms with Crippen molar-refractivity contribution in [3.63, 3.8) is 0 Å². The number of nitrogens with one attached hydrogen (secondary N) is 1. The van der Waals surface area contributed by atoms with E-state index in [1.165, 1.54) is 12.1 Å².